The van der Waals surface area contributed by atoms with Gasteiger partial charge in [0.1, 0.15) is 0 Å². The first-order chi connectivity index (χ1) is 8.13. The minimum atomic E-state index is -0.296. The average Bonchev–Trinajstić information content (AvgIpc) is 2.36. The molecule has 1 aromatic heterocycles. The lowest BCUT2D eigenvalue weighted by Gasteiger charge is -2.09. The maximum atomic E-state index is 11.4. The minimum Gasteiger partial charge on any atom is -0.347 e. The fourth-order valence-corrected chi connectivity index (χ4v) is 1.09. The van der Waals surface area contributed by atoms with Crippen molar-refractivity contribution in [2.24, 2.45) is 11.7 Å². The highest BCUT2D eigenvalue weighted by Crippen LogP contribution is 2.01. The molecule has 0 aromatic carbocycles. The fourth-order valence-electron chi connectivity index (χ4n) is 1.09. The summed E-state index contributed by atoms with van der Waals surface area (Å²) in [6.45, 7) is 1.89. The van der Waals surface area contributed by atoms with Gasteiger partial charge in [-0.15, -0.1) is 24.8 Å². The van der Waals surface area contributed by atoms with Crippen LogP contribution in [0.1, 0.15) is 6.92 Å². The molecule has 1 rings (SSSR count). The van der Waals surface area contributed by atoms with Crippen molar-refractivity contribution >= 4 is 42.3 Å². The molecular weight excluding hydrogens is 291 g/mol. The molecule has 108 valence electrons. The van der Waals surface area contributed by atoms with Crippen LogP contribution in [0.3, 0.4) is 0 Å². The molecule has 0 radical (unpaired) electrons. The van der Waals surface area contributed by atoms with Crippen molar-refractivity contribution in [1.29, 1.82) is 0 Å². The van der Waals surface area contributed by atoms with Crippen molar-refractivity contribution in [3.05, 3.63) is 24.5 Å². The van der Waals surface area contributed by atoms with Gasteiger partial charge in [0.2, 0.25) is 11.8 Å². The zero-order chi connectivity index (χ0) is 12.7. The second-order valence-corrected chi connectivity index (χ2v) is 3.64. The predicted octanol–water partition coefficient (Wildman–Crippen LogP) is 0.575. The number of aromatic nitrogens is 1. The van der Waals surface area contributed by atoms with Gasteiger partial charge >= 0.3 is 0 Å². The van der Waals surface area contributed by atoms with Gasteiger partial charge in [0, 0.05) is 18.7 Å². The fraction of sp³-hybridized carbons (Fsp3) is 0.364. The lowest BCUT2D eigenvalue weighted by atomic mass is 10.2. The van der Waals surface area contributed by atoms with Crippen molar-refractivity contribution in [3.63, 3.8) is 0 Å². The zero-order valence-corrected chi connectivity index (χ0v) is 12.1. The predicted molar refractivity (Wildman–Crippen MR) is 78.6 cm³/mol. The molecular formula is C11H18Cl2N4O2. The number of carbonyl (C=O) groups is 2. The normalized spacial score (nSPS) is 10.4. The Labute approximate surface area is 124 Å². The Kier molecular flexibility index (Phi) is 11.1. The van der Waals surface area contributed by atoms with Gasteiger partial charge < -0.3 is 16.4 Å². The van der Waals surface area contributed by atoms with E-state index in [1.54, 1.807) is 25.3 Å². The molecule has 1 aromatic rings. The summed E-state index contributed by atoms with van der Waals surface area (Å²) < 4.78 is 0. The molecule has 1 atom stereocenters. The maximum absolute atomic E-state index is 11.4. The Balaban J connectivity index is 0. The van der Waals surface area contributed by atoms with E-state index >= 15 is 0 Å². The van der Waals surface area contributed by atoms with E-state index in [0.29, 0.717) is 5.69 Å². The first-order valence-electron chi connectivity index (χ1n) is 5.31. The summed E-state index contributed by atoms with van der Waals surface area (Å²) >= 11 is 0. The van der Waals surface area contributed by atoms with Crippen LogP contribution in [0.5, 0.6) is 0 Å². The van der Waals surface area contributed by atoms with E-state index in [4.69, 9.17) is 5.73 Å². The molecule has 0 fully saturated rings. The van der Waals surface area contributed by atoms with Crippen molar-refractivity contribution in [1.82, 2.24) is 10.3 Å². The summed E-state index contributed by atoms with van der Waals surface area (Å²) in [5, 5.41) is 5.11. The second kappa shape index (κ2) is 10.5. The maximum Gasteiger partial charge on any atom is 0.243 e. The van der Waals surface area contributed by atoms with E-state index in [0.717, 1.165) is 0 Å². The monoisotopic (exact) mass is 308 g/mol. The highest BCUT2D eigenvalue weighted by Gasteiger charge is 2.11. The highest BCUT2D eigenvalue weighted by atomic mass is 35.5. The Morgan fingerprint density at radius 1 is 1.42 bits per heavy atom. The molecule has 2 amide bonds. The number of nitrogens with one attached hydrogen (secondary N) is 2. The number of carbonyl (C=O) groups excluding carboxylic acids is 2. The molecule has 0 bridgehead atoms. The van der Waals surface area contributed by atoms with Gasteiger partial charge in [-0.1, -0.05) is 6.92 Å². The van der Waals surface area contributed by atoms with Crippen LogP contribution in [0, 0.1) is 5.92 Å². The van der Waals surface area contributed by atoms with Crippen LogP contribution in [0.25, 0.3) is 0 Å². The van der Waals surface area contributed by atoms with Crippen molar-refractivity contribution < 1.29 is 9.59 Å². The van der Waals surface area contributed by atoms with Crippen molar-refractivity contribution in [2.45, 2.75) is 6.92 Å². The Morgan fingerprint density at radius 3 is 2.63 bits per heavy atom. The van der Waals surface area contributed by atoms with Crippen LogP contribution >= 0.6 is 24.8 Å². The van der Waals surface area contributed by atoms with E-state index in [2.05, 4.69) is 15.6 Å². The third-order valence-corrected chi connectivity index (χ3v) is 2.17. The van der Waals surface area contributed by atoms with Crippen LogP contribution in [0.4, 0.5) is 5.69 Å². The van der Waals surface area contributed by atoms with Gasteiger partial charge in [-0.2, -0.15) is 0 Å². The van der Waals surface area contributed by atoms with Gasteiger partial charge in [-0.05, 0) is 12.1 Å². The third-order valence-electron chi connectivity index (χ3n) is 2.17. The molecule has 4 N–H and O–H groups in total. The molecule has 0 aliphatic heterocycles. The summed E-state index contributed by atoms with van der Waals surface area (Å²) in [5.74, 6) is -0.814. The largest absolute Gasteiger partial charge is 0.347 e. The number of anilines is 1. The number of amides is 2. The van der Waals surface area contributed by atoms with E-state index in [1.807, 2.05) is 0 Å². The van der Waals surface area contributed by atoms with E-state index in [-0.39, 0.29) is 55.6 Å². The Bertz CT molecular complexity index is 390. The van der Waals surface area contributed by atoms with Gasteiger partial charge in [-0.25, -0.2) is 0 Å². The molecule has 0 saturated heterocycles. The average molecular weight is 309 g/mol. The first kappa shape index (κ1) is 20.0. The van der Waals surface area contributed by atoms with E-state index < -0.39 is 0 Å². The third kappa shape index (κ3) is 7.61. The molecule has 0 spiro atoms. The molecule has 1 heterocycles. The molecule has 0 saturated carbocycles. The lowest BCUT2D eigenvalue weighted by molar-refractivity contribution is -0.126. The second-order valence-electron chi connectivity index (χ2n) is 3.64. The zero-order valence-electron chi connectivity index (χ0n) is 10.5. The van der Waals surface area contributed by atoms with Gasteiger partial charge in [0.25, 0.3) is 0 Å². The van der Waals surface area contributed by atoms with E-state index in [9.17, 15) is 9.59 Å². The Hall–Kier alpha value is -1.37. The molecule has 8 heteroatoms. The van der Waals surface area contributed by atoms with Gasteiger partial charge in [-0.3, -0.25) is 14.6 Å². The molecule has 19 heavy (non-hydrogen) atoms. The quantitative estimate of drug-likeness (QED) is 0.741. The number of hydrogen-bond donors (Lipinski definition) is 3. The number of rotatable bonds is 5. The summed E-state index contributed by atoms with van der Waals surface area (Å²) in [6, 6.07) is 3.43. The van der Waals surface area contributed by atoms with Crippen molar-refractivity contribution in [2.75, 3.05) is 18.4 Å². The minimum absolute atomic E-state index is 0. The number of nitrogens with zero attached hydrogens (tertiary/aromatic N) is 1. The van der Waals surface area contributed by atoms with Gasteiger partial charge in [0.05, 0.1) is 18.4 Å². The molecule has 0 aliphatic carbocycles. The number of nitrogens with two attached hydrogens (primary N) is 1. The SMILES string of the molecule is CC(CN)C(=O)NCC(=O)Nc1cccnc1.Cl.Cl. The number of pyridine rings is 1. The number of halogens is 2. The van der Waals surface area contributed by atoms with Crippen LogP contribution in [-0.2, 0) is 9.59 Å². The van der Waals surface area contributed by atoms with Crippen LogP contribution in [0.15, 0.2) is 24.5 Å². The Morgan fingerprint density at radius 2 is 2.11 bits per heavy atom. The topological polar surface area (TPSA) is 97.1 Å². The highest BCUT2D eigenvalue weighted by molar-refractivity contribution is 5.94. The van der Waals surface area contributed by atoms with Crippen molar-refractivity contribution in [3.8, 4) is 0 Å². The summed E-state index contributed by atoms with van der Waals surface area (Å²) in [7, 11) is 0. The standard InChI is InChI=1S/C11H16N4O2.2ClH/c1-8(5-12)11(17)14-7-10(16)15-9-3-2-4-13-6-9;;/h2-4,6,8H,5,7,12H2,1H3,(H,14,17)(H,15,16);2*1H. The van der Waals surface area contributed by atoms with Crippen LogP contribution < -0.4 is 16.4 Å². The molecule has 6 nitrogen and oxygen atoms in total. The summed E-state index contributed by atoms with van der Waals surface area (Å²) in [6.07, 6.45) is 3.14. The van der Waals surface area contributed by atoms with Crippen LogP contribution in [-0.4, -0.2) is 29.9 Å². The van der Waals surface area contributed by atoms with Crippen LogP contribution in [0.2, 0.25) is 0 Å². The first-order valence-corrected chi connectivity index (χ1v) is 5.31. The number of hydrogen-bond acceptors (Lipinski definition) is 4. The lowest BCUT2D eigenvalue weighted by Crippen LogP contribution is -2.38. The van der Waals surface area contributed by atoms with Gasteiger partial charge in [0.15, 0.2) is 0 Å². The molecule has 0 aliphatic rings. The summed E-state index contributed by atoms with van der Waals surface area (Å²) in [4.78, 5) is 26.6. The molecule has 1 unspecified atom stereocenters. The summed E-state index contributed by atoms with van der Waals surface area (Å²) in [5.41, 5.74) is 5.93. The smallest absolute Gasteiger partial charge is 0.243 e. The van der Waals surface area contributed by atoms with E-state index in [1.165, 1.54) is 6.20 Å².